The van der Waals surface area contributed by atoms with Gasteiger partial charge >= 0.3 is 5.97 Å². The lowest BCUT2D eigenvalue weighted by molar-refractivity contribution is 0.0599. The largest absolute Gasteiger partial charge is 0.465 e. The lowest BCUT2D eigenvalue weighted by Crippen LogP contribution is -2.36. The van der Waals surface area contributed by atoms with Crippen molar-refractivity contribution in [2.75, 3.05) is 14.2 Å². The number of benzene rings is 1. The maximum atomic E-state index is 11.7. The summed E-state index contributed by atoms with van der Waals surface area (Å²) in [7, 11) is 3.03. The van der Waals surface area contributed by atoms with Gasteiger partial charge in [-0.2, -0.15) is 0 Å². The van der Waals surface area contributed by atoms with Gasteiger partial charge in [0.25, 0.3) is 0 Å². The van der Waals surface area contributed by atoms with Gasteiger partial charge in [-0.3, -0.25) is 4.99 Å². The first kappa shape index (κ1) is 21.8. The zero-order valence-electron chi connectivity index (χ0n) is 16.3. The average Bonchev–Trinajstić information content (AvgIpc) is 3.21. The lowest BCUT2D eigenvalue weighted by Gasteiger charge is -2.10. The molecule has 0 spiro atoms. The van der Waals surface area contributed by atoms with Crippen molar-refractivity contribution in [2.45, 2.75) is 26.9 Å². The number of halogens is 1. The van der Waals surface area contributed by atoms with E-state index in [1.54, 1.807) is 20.0 Å². The molecule has 1 aromatic carbocycles. The van der Waals surface area contributed by atoms with Gasteiger partial charge in [-0.15, -0.1) is 24.0 Å². The summed E-state index contributed by atoms with van der Waals surface area (Å²) in [5, 5.41) is 7.49. The minimum absolute atomic E-state index is 0. The molecule has 0 saturated heterocycles. The molecule has 0 fully saturated rings. The number of methoxy groups -OCH3 is 1. The van der Waals surface area contributed by atoms with Gasteiger partial charge in [0.2, 0.25) is 0 Å². The molecule has 0 bridgehead atoms. The third kappa shape index (κ3) is 4.67. The highest BCUT2D eigenvalue weighted by molar-refractivity contribution is 14.0. The van der Waals surface area contributed by atoms with E-state index in [4.69, 9.17) is 13.6 Å². The van der Waals surface area contributed by atoms with Crippen molar-refractivity contribution < 1.29 is 18.4 Å². The highest BCUT2D eigenvalue weighted by atomic mass is 127. The van der Waals surface area contributed by atoms with Crippen LogP contribution in [0.2, 0.25) is 0 Å². The maximum absolute atomic E-state index is 11.7. The highest BCUT2D eigenvalue weighted by Crippen LogP contribution is 2.24. The maximum Gasteiger partial charge on any atom is 0.341 e. The number of nitrogens with one attached hydrogen (secondary N) is 2. The molecular formula is C20H24IN3O4. The zero-order chi connectivity index (χ0) is 19.4. The number of guanidine groups is 1. The van der Waals surface area contributed by atoms with Gasteiger partial charge < -0.3 is 24.2 Å². The SMILES string of the molecule is CN=C(NCc1cc(C(=O)OC)c(C)o1)NCc1oc2ccccc2c1C.I. The molecule has 28 heavy (non-hydrogen) atoms. The number of aryl methyl sites for hydroxylation is 2. The Kier molecular flexibility index (Phi) is 7.50. The van der Waals surface area contributed by atoms with Crippen LogP contribution in [-0.4, -0.2) is 26.1 Å². The van der Waals surface area contributed by atoms with Crippen LogP contribution in [0.4, 0.5) is 0 Å². The second-order valence-corrected chi connectivity index (χ2v) is 6.10. The summed E-state index contributed by atoms with van der Waals surface area (Å²) in [4.78, 5) is 15.9. The Balaban J connectivity index is 0.00000280. The standard InChI is InChI=1S/C20H23N3O4.HI/c1-12-15-7-5-6-8-17(15)27-18(12)11-23-20(21-3)22-10-14-9-16(13(2)26-14)19(24)25-4;/h5-9H,10-11H2,1-4H3,(H2,21,22,23);1H. The molecule has 150 valence electrons. The lowest BCUT2D eigenvalue weighted by atomic mass is 10.1. The normalized spacial score (nSPS) is 11.2. The van der Waals surface area contributed by atoms with Gasteiger partial charge in [-0.1, -0.05) is 18.2 Å². The molecule has 0 amide bonds. The smallest absolute Gasteiger partial charge is 0.341 e. The van der Waals surface area contributed by atoms with Crippen molar-refractivity contribution in [3.05, 3.63) is 58.7 Å². The Morgan fingerprint density at radius 1 is 1.14 bits per heavy atom. The molecule has 0 aliphatic heterocycles. The fourth-order valence-corrected chi connectivity index (χ4v) is 2.89. The van der Waals surface area contributed by atoms with Crippen molar-refractivity contribution in [1.82, 2.24) is 10.6 Å². The van der Waals surface area contributed by atoms with E-state index >= 15 is 0 Å². The molecule has 0 unspecified atom stereocenters. The summed E-state index contributed by atoms with van der Waals surface area (Å²) in [6, 6.07) is 9.62. The van der Waals surface area contributed by atoms with Crippen LogP contribution in [0, 0.1) is 13.8 Å². The number of ether oxygens (including phenoxy) is 1. The van der Waals surface area contributed by atoms with Gasteiger partial charge in [-0.05, 0) is 26.0 Å². The predicted octanol–water partition coefficient (Wildman–Crippen LogP) is 3.91. The summed E-state index contributed by atoms with van der Waals surface area (Å²) < 4.78 is 16.2. The monoisotopic (exact) mass is 497 g/mol. The van der Waals surface area contributed by atoms with E-state index in [1.165, 1.54) is 7.11 Å². The van der Waals surface area contributed by atoms with E-state index in [-0.39, 0.29) is 24.0 Å². The molecule has 0 aliphatic rings. The Morgan fingerprint density at radius 3 is 2.54 bits per heavy atom. The van der Waals surface area contributed by atoms with E-state index < -0.39 is 5.97 Å². The van der Waals surface area contributed by atoms with Crippen molar-refractivity contribution in [1.29, 1.82) is 0 Å². The fourth-order valence-electron chi connectivity index (χ4n) is 2.89. The fraction of sp³-hybridized carbons (Fsp3) is 0.300. The van der Waals surface area contributed by atoms with Crippen molar-refractivity contribution in [3.63, 3.8) is 0 Å². The Hall–Kier alpha value is -2.49. The number of esters is 1. The van der Waals surface area contributed by atoms with Gasteiger partial charge in [0.1, 0.15) is 28.4 Å². The summed E-state index contributed by atoms with van der Waals surface area (Å²) in [5.41, 5.74) is 2.41. The molecule has 0 aliphatic carbocycles. The van der Waals surface area contributed by atoms with Crippen molar-refractivity contribution >= 4 is 46.9 Å². The number of fused-ring (bicyclic) bond motifs is 1. The van der Waals surface area contributed by atoms with E-state index in [0.717, 1.165) is 22.3 Å². The molecule has 3 rings (SSSR count). The summed E-state index contributed by atoms with van der Waals surface area (Å²) in [6.07, 6.45) is 0. The first-order chi connectivity index (χ1) is 13.0. The van der Waals surface area contributed by atoms with Crippen LogP contribution in [0.3, 0.4) is 0 Å². The van der Waals surface area contributed by atoms with Crippen LogP contribution in [0.1, 0.15) is 33.2 Å². The molecule has 2 aromatic heterocycles. The van der Waals surface area contributed by atoms with Gasteiger partial charge in [0.15, 0.2) is 5.96 Å². The van der Waals surface area contributed by atoms with Gasteiger partial charge in [-0.25, -0.2) is 4.79 Å². The second kappa shape index (κ2) is 9.63. The molecule has 3 aromatic rings. The summed E-state index contributed by atoms with van der Waals surface area (Å²) in [5.74, 6) is 2.20. The van der Waals surface area contributed by atoms with Crippen molar-refractivity contribution in [3.8, 4) is 0 Å². The number of carbonyl (C=O) groups is 1. The van der Waals surface area contributed by atoms with E-state index in [0.29, 0.717) is 36.1 Å². The third-order valence-electron chi connectivity index (χ3n) is 4.39. The van der Waals surface area contributed by atoms with Crippen LogP contribution < -0.4 is 10.6 Å². The van der Waals surface area contributed by atoms with E-state index in [2.05, 4.69) is 15.6 Å². The number of nitrogens with zero attached hydrogens (tertiary/aromatic N) is 1. The van der Waals surface area contributed by atoms with Crippen LogP contribution in [0.25, 0.3) is 11.0 Å². The third-order valence-corrected chi connectivity index (χ3v) is 4.39. The molecular weight excluding hydrogens is 473 g/mol. The number of rotatable bonds is 5. The number of hydrogen-bond acceptors (Lipinski definition) is 5. The second-order valence-electron chi connectivity index (χ2n) is 6.10. The Labute approximate surface area is 180 Å². The Morgan fingerprint density at radius 2 is 1.86 bits per heavy atom. The van der Waals surface area contributed by atoms with Gasteiger partial charge in [0, 0.05) is 18.0 Å². The molecule has 2 heterocycles. The predicted molar refractivity (Wildman–Crippen MR) is 118 cm³/mol. The molecule has 0 atom stereocenters. The molecule has 8 heteroatoms. The highest BCUT2D eigenvalue weighted by Gasteiger charge is 2.15. The van der Waals surface area contributed by atoms with Crippen LogP contribution in [0.5, 0.6) is 0 Å². The number of para-hydroxylation sites is 1. The Bertz CT molecular complexity index is 991. The first-order valence-corrected chi connectivity index (χ1v) is 8.62. The number of aliphatic imine (C=N–C) groups is 1. The topological polar surface area (TPSA) is 89.0 Å². The van der Waals surface area contributed by atoms with Crippen LogP contribution in [-0.2, 0) is 17.8 Å². The van der Waals surface area contributed by atoms with E-state index in [9.17, 15) is 4.79 Å². The number of furan rings is 2. The van der Waals surface area contributed by atoms with Gasteiger partial charge in [0.05, 0.1) is 20.2 Å². The van der Waals surface area contributed by atoms with Crippen LogP contribution >= 0.6 is 24.0 Å². The minimum atomic E-state index is -0.412. The average molecular weight is 497 g/mol. The molecule has 2 N–H and O–H groups in total. The van der Waals surface area contributed by atoms with E-state index in [1.807, 2.05) is 31.2 Å². The molecule has 0 radical (unpaired) electrons. The number of hydrogen-bond donors (Lipinski definition) is 2. The van der Waals surface area contributed by atoms with Crippen LogP contribution in [0.15, 0.2) is 44.2 Å². The minimum Gasteiger partial charge on any atom is -0.465 e. The van der Waals surface area contributed by atoms with Crippen molar-refractivity contribution in [2.24, 2.45) is 4.99 Å². The zero-order valence-corrected chi connectivity index (χ0v) is 18.6. The first-order valence-electron chi connectivity index (χ1n) is 8.62. The summed E-state index contributed by atoms with van der Waals surface area (Å²) in [6.45, 7) is 4.66. The molecule has 0 saturated carbocycles. The molecule has 7 nitrogen and oxygen atoms in total. The number of carbonyl (C=O) groups excluding carboxylic acids is 1. The summed E-state index contributed by atoms with van der Waals surface area (Å²) >= 11 is 0. The quantitative estimate of drug-likeness (QED) is 0.241.